The Labute approximate surface area is 234 Å². The lowest BCUT2D eigenvalue weighted by atomic mass is 9.77. The molecule has 7 nitrogen and oxygen atoms in total. The maximum absolute atomic E-state index is 13.3. The van der Waals surface area contributed by atoms with E-state index in [1.165, 1.54) is 0 Å². The maximum atomic E-state index is 13.3. The van der Waals surface area contributed by atoms with Gasteiger partial charge < -0.3 is 14.8 Å². The first-order valence-electron chi connectivity index (χ1n) is 13.5. The summed E-state index contributed by atoms with van der Waals surface area (Å²) in [7, 11) is 1.65. The van der Waals surface area contributed by atoms with Gasteiger partial charge in [0.15, 0.2) is 0 Å². The van der Waals surface area contributed by atoms with E-state index in [4.69, 9.17) is 9.47 Å². The molecule has 1 N–H and O–H groups in total. The summed E-state index contributed by atoms with van der Waals surface area (Å²) in [6.45, 7) is 2.14. The number of nitrogens with zero attached hydrogens (tertiary/aromatic N) is 2. The molecule has 0 bridgehead atoms. The van der Waals surface area contributed by atoms with Crippen molar-refractivity contribution in [3.63, 3.8) is 0 Å². The van der Waals surface area contributed by atoms with Crippen LogP contribution in [0.3, 0.4) is 0 Å². The van der Waals surface area contributed by atoms with Crippen LogP contribution in [0.1, 0.15) is 48.9 Å². The van der Waals surface area contributed by atoms with Gasteiger partial charge >= 0.3 is 11.7 Å². The van der Waals surface area contributed by atoms with Crippen molar-refractivity contribution >= 4 is 11.8 Å². The summed E-state index contributed by atoms with van der Waals surface area (Å²) in [6, 6.07) is 30.0. The lowest BCUT2D eigenvalue weighted by molar-refractivity contribution is -0.138. The first-order valence-corrected chi connectivity index (χ1v) is 13.5. The van der Waals surface area contributed by atoms with E-state index >= 15 is 0 Å². The zero-order chi connectivity index (χ0) is 28.0. The van der Waals surface area contributed by atoms with Gasteiger partial charge in [0, 0.05) is 17.8 Å². The van der Waals surface area contributed by atoms with Gasteiger partial charge in [0.25, 0.3) is 0 Å². The van der Waals surface area contributed by atoms with Crippen LogP contribution in [-0.2, 0) is 15.1 Å². The Morgan fingerprint density at radius 1 is 0.950 bits per heavy atom. The smallest absolute Gasteiger partial charge is 0.349 e. The number of rotatable bonds is 9. The van der Waals surface area contributed by atoms with Crippen LogP contribution in [0, 0.1) is 0 Å². The number of allylic oxidation sites excluding steroid dienone is 1. The number of benzene rings is 3. The van der Waals surface area contributed by atoms with Gasteiger partial charge in [-0.05, 0) is 61.1 Å². The number of nitrogens with one attached hydrogen (secondary N) is 1. The van der Waals surface area contributed by atoms with Crippen LogP contribution in [0.5, 0.6) is 5.75 Å². The summed E-state index contributed by atoms with van der Waals surface area (Å²) < 4.78 is 12.2. The summed E-state index contributed by atoms with van der Waals surface area (Å²) in [4.78, 5) is 29.9. The van der Waals surface area contributed by atoms with Gasteiger partial charge in [-0.15, -0.1) is 0 Å². The molecule has 0 radical (unpaired) electrons. The number of carbonyl (C=O) groups excluding carboxylic acids is 1. The van der Waals surface area contributed by atoms with E-state index in [9.17, 15) is 9.59 Å². The standard InChI is InChI=1S/C33H33N3O4/c1-3-40-31(37)24-14-18-28(19-15-24)36-23-22-30(34-32(36)38)35-33(25-10-6-4-7-11-25,26-12-8-5-9-13-26)27-16-20-29(39-2)21-17-27/h4-14,16-17,20-23,28H,3,15,18-19H2,1-2H3,(H,34,35,38). The first-order chi connectivity index (χ1) is 19.5. The highest BCUT2D eigenvalue weighted by Gasteiger charge is 2.37. The van der Waals surface area contributed by atoms with Crippen LogP contribution in [0.25, 0.3) is 0 Å². The molecule has 0 saturated carbocycles. The number of anilines is 1. The highest BCUT2D eigenvalue weighted by molar-refractivity contribution is 5.88. The molecular formula is C33H33N3O4. The fourth-order valence-corrected chi connectivity index (χ4v) is 5.37. The lowest BCUT2D eigenvalue weighted by Gasteiger charge is -2.37. The SMILES string of the molecule is CCOC(=O)C1=CCC(n2ccc(NC(c3ccccc3)(c3ccccc3)c3ccc(OC)cc3)nc2=O)CC1. The molecule has 1 heterocycles. The second-order valence-electron chi connectivity index (χ2n) is 9.72. The zero-order valence-electron chi connectivity index (χ0n) is 22.7. The first kappa shape index (κ1) is 26.9. The second-order valence-corrected chi connectivity index (χ2v) is 9.72. The monoisotopic (exact) mass is 535 g/mol. The van der Waals surface area contributed by atoms with Crippen molar-refractivity contribution in [1.29, 1.82) is 0 Å². The average Bonchev–Trinajstić information content (AvgIpc) is 3.01. The summed E-state index contributed by atoms with van der Waals surface area (Å²) >= 11 is 0. The summed E-state index contributed by atoms with van der Waals surface area (Å²) in [5, 5.41) is 3.65. The molecule has 204 valence electrons. The molecule has 40 heavy (non-hydrogen) atoms. The van der Waals surface area contributed by atoms with E-state index in [1.54, 1.807) is 24.8 Å². The van der Waals surface area contributed by atoms with Gasteiger partial charge in [-0.1, -0.05) is 78.9 Å². The molecule has 0 aliphatic heterocycles. The van der Waals surface area contributed by atoms with E-state index in [2.05, 4.69) is 34.6 Å². The number of carbonyl (C=O) groups is 1. The van der Waals surface area contributed by atoms with Crippen LogP contribution >= 0.6 is 0 Å². The van der Waals surface area contributed by atoms with E-state index < -0.39 is 5.54 Å². The van der Waals surface area contributed by atoms with Crippen molar-refractivity contribution in [3.05, 3.63) is 136 Å². The Kier molecular flexibility index (Phi) is 8.10. The predicted molar refractivity (Wildman–Crippen MR) is 155 cm³/mol. The van der Waals surface area contributed by atoms with Gasteiger partial charge in [-0.2, -0.15) is 4.98 Å². The van der Waals surface area contributed by atoms with Crippen LogP contribution in [0.15, 0.2) is 114 Å². The molecule has 7 heteroatoms. The highest BCUT2D eigenvalue weighted by atomic mass is 16.5. The minimum atomic E-state index is -0.831. The van der Waals surface area contributed by atoms with E-state index in [-0.39, 0.29) is 17.7 Å². The molecule has 1 aliphatic carbocycles. The Bertz CT molecular complexity index is 1490. The zero-order valence-corrected chi connectivity index (χ0v) is 22.7. The summed E-state index contributed by atoms with van der Waals surface area (Å²) in [5.74, 6) is 0.943. The number of esters is 1. The number of hydrogen-bond acceptors (Lipinski definition) is 6. The molecule has 0 spiro atoms. The molecule has 4 aromatic rings. The Balaban J connectivity index is 1.54. The third-order valence-corrected chi connectivity index (χ3v) is 7.40. The largest absolute Gasteiger partial charge is 0.497 e. The molecule has 0 fully saturated rings. The predicted octanol–water partition coefficient (Wildman–Crippen LogP) is 5.87. The van der Waals surface area contributed by atoms with Crippen LogP contribution in [0.2, 0.25) is 0 Å². The normalized spacial score (nSPS) is 15.2. The molecule has 3 aromatic carbocycles. The number of ether oxygens (including phenoxy) is 2. The molecular weight excluding hydrogens is 502 g/mol. The number of aromatic nitrogens is 2. The molecule has 1 unspecified atom stereocenters. The maximum Gasteiger partial charge on any atom is 0.349 e. The van der Waals surface area contributed by atoms with Crippen LogP contribution in [0.4, 0.5) is 5.82 Å². The van der Waals surface area contributed by atoms with Gasteiger partial charge in [-0.25, -0.2) is 9.59 Å². The van der Waals surface area contributed by atoms with E-state index in [0.29, 0.717) is 37.3 Å². The molecule has 1 atom stereocenters. The molecule has 1 aromatic heterocycles. The summed E-state index contributed by atoms with van der Waals surface area (Å²) in [5.41, 5.74) is 2.48. The minimum Gasteiger partial charge on any atom is -0.497 e. The fourth-order valence-electron chi connectivity index (χ4n) is 5.37. The van der Waals surface area contributed by atoms with Crippen molar-refractivity contribution in [2.45, 2.75) is 37.8 Å². The Morgan fingerprint density at radius 2 is 1.57 bits per heavy atom. The average molecular weight is 536 g/mol. The van der Waals surface area contributed by atoms with Crippen molar-refractivity contribution in [3.8, 4) is 5.75 Å². The van der Waals surface area contributed by atoms with Crippen molar-refractivity contribution in [2.75, 3.05) is 19.0 Å². The second kappa shape index (κ2) is 12.0. The molecule has 5 rings (SSSR count). The quantitative estimate of drug-likeness (QED) is 0.213. The molecule has 0 amide bonds. The minimum absolute atomic E-state index is 0.0678. The highest BCUT2D eigenvalue weighted by Crippen LogP contribution is 2.40. The third kappa shape index (κ3) is 5.41. The summed E-state index contributed by atoms with van der Waals surface area (Å²) in [6.07, 6.45) is 5.48. The number of hydrogen-bond donors (Lipinski definition) is 1. The van der Waals surface area contributed by atoms with Crippen molar-refractivity contribution in [1.82, 2.24) is 9.55 Å². The van der Waals surface area contributed by atoms with Gasteiger partial charge in [0.1, 0.15) is 17.1 Å². The lowest BCUT2D eigenvalue weighted by Crippen LogP contribution is -2.39. The fraction of sp³-hybridized carbons (Fsp3) is 0.242. The number of methoxy groups -OCH3 is 1. The van der Waals surface area contributed by atoms with Gasteiger partial charge in [0.2, 0.25) is 0 Å². The molecule has 1 aliphatic rings. The Hall–Kier alpha value is -4.65. The topological polar surface area (TPSA) is 82.4 Å². The third-order valence-electron chi connectivity index (χ3n) is 7.40. The van der Waals surface area contributed by atoms with Crippen molar-refractivity contribution in [2.24, 2.45) is 0 Å². The Morgan fingerprint density at radius 3 is 2.10 bits per heavy atom. The van der Waals surface area contributed by atoms with Gasteiger partial charge in [0.05, 0.1) is 13.7 Å². The van der Waals surface area contributed by atoms with Crippen LogP contribution < -0.4 is 15.7 Å². The van der Waals surface area contributed by atoms with E-state index in [1.807, 2.05) is 72.8 Å². The van der Waals surface area contributed by atoms with E-state index in [0.717, 1.165) is 22.4 Å². The van der Waals surface area contributed by atoms with Gasteiger partial charge in [-0.3, -0.25) is 4.57 Å². The van der Waals surface area contributed by atoms with Crippen molar-refractivity contribution < 1.29 is 14.3 Å². The van der Waals surface area contributed by atoms with Crippen LogP contribution in [-0.4, -0.2) is 29.2 Å². The molecule has 0 saturated heterocycles.